The first-order valence-corrected chi connectivity index (χ1v) is 15.9. The molecule has 5 aromatic carbocycles. The van der Waals surface area contributed by atoms with Gasteiger partial charge in [0.1, 0.15) is 0 Å². The Morgan fingerprint density at radius 1 is 0.628 bits per heavy atom. The fourth-order valence-corrected chi connectivity index (χ4v) is 9.98. The average molecular weight is 611 g/mol. The Balaban J connectivity index is 1.41. The van der Waals surface area contributed by atoms with Gasteiger partial charge in [-0.2, -0.15) is 0 Å². The summed E-state index contributed by atoms with van der Waals surface area (Å²) >= 11 is 3.92. The molecule has 4 aliphatic carbocycles. The lowest BCUT2D eigenvalue weighted by Gasteiger charge is -2.41. The summed E-state index contributed by atoms with van der Waals surface area (Å²) < 4.78 is 3.78. The summed E-state index contributed by atoms with van der Waals surface area (Å²) in [4.78, 5) is 0. The zero-order valence-electron chi connectivity index (χ0n) is 23.2. The number of para-hydroxylation sites is 1. The minimum atomic E-state index is -0.337. The van der Waals surface area contributed by atoms with Crippen molar-refractivity contribution in [3.05, 3.63) is 171 Å². The summed E-state index contributed by atoms with van der Waals surface area (Å²) in [5.41, 5.74) is 17.4. The Bertz CT molecular complexity index is 2400. The highest BCUT2D eigenvalue weighted by Crippen LogP contribution is 2.72. The van der Waals surface area contributed by atoms with Crippen molar-refractivity contribution >= 4 is 54.6 Å². The summed E-state index contributed by atoms with van der Waals surface area (Å²) in [7, 11) is 0. The van der Waals surface area contributed by atoms with Crippen molar-refractivity contribution < 1.29 is 0 Å². The molecule has 2 spiro atoms. The van der Waals surface area contributed by atoms with Crippen molar-refractivity contribution in [3.8, 4) is 11.1 Å². The molecule has 1 nitrogen and oxygen atoms in total. The van der Waals surface area contributed by atoms with Crippen molar-refractivity contribution in [1.29, 1.82) is 0 Å². The summed E-state index contributed by atoms with van der Waals surface area (Å²) in [6.45, 7) is 0. The molecule has 0 saturated carbocycles. The molecule has 2 heterocycles. The van der Waals surface area contributed by atoms with Gasteiger partial charge in [-0.25, -0.2) is 0 Å². The summed E-state index contributed by atoms with van der Waals surface area (Å²) in [6, 6.07) is 40.9. The molecule has 1 atom stereocenters. The van der Waals surface area contributed by atoms with Gasteiger partial charge in [-0.15, -0.1) is 0 Å². The predicted molar refractivity (Wildman–Crippen MR) is 181 cm³/mol. The third kappa shape index (κ3) is 2.33. The second-order valence-electron chi connectivity index (χ2n) is 12.5. The molecule has 1 aliphatic heterocycles. The van der Waals surface area contributed by atoms with Gasteiger partial charge in [0.15, 0.2) is 0 Å². The van der Waals surface area contributed by atoms with Crippen LogP contribution in [0.1, 0.15) is 34.2 Å². The molecule has 2 heteroatoms. The van der Waals surface area contributed by atoms with E-state index in [1.54, 1.807) is 0 Å². The largest absolute Gasteiger partial charge is 0.310 e. The predicted octanol–water partition coefficient (Wildman–Crippen LogP) is 10.5. The first kappa shape index (κ1) is 22.9. The molecular formula is C41H24BrN. The van der Waals surface area contributed by atoms with Gasteiger partial charge in [0.05, 0.1) is 21.9 Å². The topological polar surface area (TPSA) is 4.93 Å². The van der Waals surface area contributed by atoms with Gasteiger partial charge >= 0.3 is 0 Å². The van der Waals surface area contributed by atoms with E-state index in [-0.39, 0.29) is 10.8 Å². The van der Waals surface area contributed by atoms with Crippen molar-refractivity contribution in [2.75, 3.05) is 0 Å². The molecule has 5 aliphatic rings. The van der Waals surface area contributed by atoms with E-state index >= 15 is 0 Å². The Morgan fingerprint density at radius 3 is 2.12 bits per heavy atom. The molecule has 0 radical (unpaired) electrons. The maximum atomic E-state index is 3.92. The maximum absolute atomic E-state index is 3.92. The monoisotopic (exact) mass is 609 g/mol. The van der Waals surface area contributed by atoms with Crippen LogP contribution in [-0.4, -0.2) is 4.57 Å². The smallest absolute Gasteiger partial charge is 0.0723 e. The van der Waals surface area contributed by atoms with E-state index in [1.807, 2.05) is 0 Å². The quantitative estimate of drug-likeness (QED) is 0.175. The van der Waals surface area contributed by atoms with Gasteiger partial charge in [-0.05, 0) is 63.1 Å². The van der Waals surface area contributed by atoms with Crippen LogP contribution < -0.4 is 0 Å². The molecule has 6 aromatic rings. The normalized spacial score (nSPS) is 21.0. The molecule has 0 amide bonds. The maximum Gasteiger partial charge on any atom is 0.0723 e. The van der Waals surface area contributed by atoms with Crippen molar-refractivity contribution in [2.24, 2.45) is 5.41 Å². The molecule has 1 unspecified atom stereocenters. The van der Waals surface area contributed by atoms with Gasteiger partial charge in [0.2, 0.25) is 0 Å². The Labute approximate surface area is 257 Å². The summed E-state index contributed by atoms with van der Waals surface area (Å²) in [6.07, 6.45) is 10.8. The molecule has 200 valence electrons. The molecule has 43 heavy (non-hydrogen) atoms. The lowest BCUT2D eigenvalue weighted by atomic mass is 9.65. The van der Waals surface area contributed by atoms with Crippen LogP contribution >= 0.6 is 15.9 Å². The molecule has 11 rings (SSSR count). The Hall–Kier alpha value is -4.66. The number of hydrogen-bond acceptors (Lipinski definition) is 0. The number of aromatic nitrogens is 1. The van der Waals surface area contributed by atoms with Crippen LogP contribution in [0.15, 0.2) is 144 Å². The van der Waals surface area contributed by atoms with Crippen molar-refractivity contribution in [2.45, 2.75) is 11.8 Å². The van der Waals surface area contributed by atoms with E-state index in [1.165, 1.54) is 83.2 Å². The van der Waals surface area contributed by atoms with Gasteiger partial charge in [0.25, 0.3) is 0 Å². The standard InChI is InChI=1S/C41H24BrN/c42-34-17-7-3-12-26(34)29-21-23-40-22-9-16-33-37(40)36-32(20-19-28-27-13-4-8-18-35(27)43(38(28)36)39(29)40)41(33)30-14-5-1-10-24(30)25-11-2-6-15-31(25)41/h1-21,23H,22H2. The lowest BCUT2D eigenvalue weighted by Crippen LogP contribution is -2.30. The van der Waals surface area contributed by atoms with Gasteiger partial charge in [-0.1, -0.05) is 137 Å². The van der Waals surface area contributed by atoms with Crippen molar-refractivity contribution in [3.63, 3.8) is 0 Å². The fourth-order valence-electron chi connectivity index (χ4n) is 9.48. The molecule has 0 fully saturated rings. The second-order valence-corrected chi connectivity index (χ2v) is 13.4. The van der Waals surface area contributed by atoms with Crippen molar-refractivity contribution in [1.82, 2.24) is 4.57 Å². The van der Waals surface area contributed by atoms with Crippen LogP contribution in [0.5, 0.6) is 0 Å². The molecular weight excluding hydrogens is 586 g/mol. The number of fused-ring (bicyclic) bond motifs is 11. The number of benzene rings is 5. The van der Waals surface area contributed by atoms with Crippen LogP contribution in [-0.2, 0) is 5.41 Å². The average Bonchev–Trinajstić information content (AvgIpc) is 3.76. The number of nitrogens with zero attached hydrogens (tertiary/aromatic N) is 1. The number of hydrogen-bond donors (Lipinski definition) is 0. The number of rotatable bonds is 1. The van der Waals surface area contributed by atoms with E-state index in [2.05, 4.69) is 154 Å². The Kier molecular flexibility index (Phi) is 3.97. The third-order valence-corrected chi connectivity index (χ3v) is 11.6. The van der Waals surface area contributed by atoms with Crippen LogP contribution in [0.25, 0.3) is 49.8 Å². The SMILES string of the molecule is Brc1ccccc1C1=C2n3c4ccccc4c4ccc5c(c43)C3=C(C=CCC32C=C1)C51c2ccccc2-c2ccccc21. The van der Waals surface area contributed by atoms with Gasteiger partial charge < -0.3 is 4.57 Å². The van der Waals surface area contributed by atoms with E-state index in [9.17, 15) is 0 Å². The number of halogens is 1. The van der Waals surface area contributed by atoms with Crippen LogP contribution in [0, 0.1) is 5.41 Å². The molecule has 1 aromatic heterocycles. The lowest BCUT2D eigenvalue weighted by molar-refractivity contribution is 0.646. The minimum Gasteiger partial charge on any atom is -0.310 e. The van der Waals surface area contributed by atoms with E-state index in [4.69, 9.17) is 0 Å². The number of allylic oxidation sites excluding steroid dienone is 8. The first-order valence-electron chi connectivity index (χ1n) is 15.1. The third-order valence-electron chi connectivity index (χ3n) is 10.9. The zero-order valence-corrected chi connectivity index (χ0v) is 24.8. The Morgan fingerprint density at radius 2 is 1.33 bits per heavy atom. The highest BCUT2D eigenvalue weighted by Gasteiger charge is 2.60. The van der Waals surface area contributed by atoms with Gasteiger partial charge in [-0.3, -0.25) is 0 Å². The molecule has 0 N–H and O–H groups in total. The van der Waals surface area contributed by atoms with Crippen LogP contribution in [0.3, 0.4) is 0 Å². The first-order chi connectivity index (χ1) is 21.2. The van der Waals surface area contributed by atoms with E-state index in [0.29, 0.717) is 0 Å². The summed E-state index contributed by atoms with van der Waals surface area (Å²) in [5, 5.41) is 2.66. The van der Waals surface area contributed by atoms with Gasteiger partial charge in [0, 0.05) is 32.1 Å². The fraction of sp³-hybridized carbons (Fsp3) is 0.0732. The second kappa shape index (κ2) is 7.45. The zero-order chi connectivity index (χ0) is 28.1. The van der Waals surface area contributed by atoms with E-state index < -0.39 is 0 Å². The highest BCUT2D eigenvalue weighted by atomic mass is 79.9. The highest BCUT2D eigenvalue weighted by molar-refractivity contribution is 9.10. The van der Waals surface area contributed by atoms with Crippen LogP contribution in [0.2, 0.25) is 0 Å². The summed E-state index contributed by atoms with van der Waals surface area (Å²) in [5.74, 6) is 0. The van der Waals surface area contributed by atoms with E-state index in [0.717, 1.165) is 10.9 Å². The molecule has 0 saturated heterocycles. The molecule has 0 bridgehead atoms. The van der Waals surface area contributed by atoms with Crippen LogP contribution in [0.4, 0.5) is 0 Å². The minimum absolute atomic E-state index is 0.248.